The molecule has 1 amide bonds. The maximum atomic E-state index is 12.4. The zero-order valence-electron chi connectivity index (χ0n) is 16.4. The Kier molecular flexibility index (Phi) is 6.08. The van der Waals surface area contributed by atoms with E-state index >= 15 is 0 Å². The first-order valence-corrected chi connectivity index (χ1v) is 11.0. The van der Waals surface area contributed by atoms with Crippen molar-refractivity contribution in [2.45, 2.75) is 12.1 Å². The highest BCUT2D eigenvalue weighted by Crippen LogP contribution is 2.29. The highest BCUT2D eigenvalue weighted by Gasteiger charge is 2.17. The van der Waals surface area contributed by atoms with Crippen molar-refractivity contribution < 1.29 is 4.79 Å². The number of nitrogens with one attached hydrogen (secondary N) is 2. The zero-order chi connectivity index (χ0) is 21.8. The fourth-order valence-corrected chi connectivity index (χ4v) is 4.52. The minimum atomic E-state index is -0.225. The van der Waals surface area contributed by atoms with Crippen LogP contribution in [0.2, 0.25) is 0 Å². The molecule has 0 aliphatic heterocycles. The Morgan fingerprint density at radius 1 is 1.19 bits per heavy atom. The van der Waals surface area contributed by atoms with E-state index in [1.165, 1.54) is 11.3 Å². The van der Waals surface area contributed by atoms with Gasteiger partial charge in [0.1, 0.15) is 11.6 Å². The van der Waals surface area contributed by atoms with Crippen LogP contribution in [-0.4, -0.2) is 26.6 Å². The first-order chi connectivity index (χ1) is 15.1. The number of aromatic nitrogens is 3. The molecule has 0 fully saturated rings. The second kappa shape index (κ2) is 9.09. The van der Waals surface area contributed by atoms with Gasteiger partial charge in [0, 0.05) is 5.56 Å². The molecule has 0 radical (unpaired) electrons. The summed E-state index contributed by atoms with van der Waals surface area (Å²) in [4.78, 5) is 25.6. The molecule has 2 aromatic heterocycles. The number of rotatable bonds is 6. The van der Waals surface area contributed by atoms with Gasteiger partial charge < -0.3 is 10.7 Å². The number of aryl methyl sites for hydroxylation is 1. The van der Waals surface area contributed by atoms with E-state index in [1.807, 2.05) is 55.5 Å². The van der Waals surface area contributed by atoms with Gasteiger partial charge in [-0.2, -0.15) is 5.26 Å². The quantitative estimate of drug-likeness (QED) is 0.175. The Morgan fingerprint density at radius 2 is 2.00 bits per heavy atom. The van der Waals surface area contributed by atoms with E-state index in [2.05, 4.69) is 31.8 Å². The highest BCUT2D eigenvalue weighted by atomic mass is 32.2. The molecular formula is C21H17N7OS2. The number of carbonyl (C=O) groups excluding carboxylic acids is 1. The maximum Gasteiger partial charge on any atom is 0.236 e. The number of hydrogen-bond donors (Lipinski definition) is 3. The van der Waals surface area contributed by atoms with Crippen LogP contribution in [0.1, 0.15) is 11.1 Å². The summed E-state index contributed by atoms with van der Waals surface area (Å²) in [6.07, 6.45) is 0. The van der Waals surface area contributed by atoms with E-state index in [0.717, 1.165) is 33.1 Å². The van der Waals surface area contributed by atoms with E-state index in [4.69, 9.17) is 5.84 Å². The van der Waals surface area contributed by atoms with Crippen LogP contribution in [0.25, 0.3) is 21.5 Å². The van der Waals surface area contributed by atoms with Crippen LogP contribution in [0.4, 0.5) is 10.9 Å². The van der Waals surface area contributed by atoms with Crippen molar-refractivity contribution in [2.24, 2.45) is 5.84 Å². The van der Waals surface area contributed by atoms with E-state index in [9.17, 15) is 10.1 Å². The van der Waals surface area contributed by atoms with E-state index in [-0.39, 0.29) is 23.0 Å². The van der Waals surface area contributed by atoms with Crippen LogP contribution in [0.3, 0.4) is 0 Å². The molecule has 4 rings (SSSR count). The van der Waals surface area contributed by atoms with Crippen LogP contribution in [0, 0.1) is 18.3 Å². The summed E-state index contributed by atoms with van der Waals surface area (Å²) in [5.74, 6) is 5.63. The van der Waals surface area contributed by atoms with Gasteiger partial charge in [-0.15, -0.1) is 0 Å². The molecule has 0 saturated heterocycles. The molecule has 4 N–H and O–H groups in total. The Morgan fingerprint density at radius 3 is 2.74 bits per heavy atom. The van der Waals surface area contributed by atoms with Crippen LogP contribution < -0.4 is 16.6 Å². The van der Waals surface area contributed by atoms with Crippen LogP contribution in [-0.2, 0) is 4.79 Å². The summed E-state index contributed by atoms with van der Waals surface area (Å²) in [7, 11) is 0. The van der Waals surface area contributed by atoms with Crippen LogP contribution in [0.5, 0.6) is 0 Å². The minimum Gasteiger partial charge on any atom is -0.307 e. The van der Waals surface area contributed by atoms with Crippen molar-refractivity contribution in [1.29, 1.82) is 5.26 Å². The van der Waals surface area contributed by atoms with Crippen molar-refractivity contribution in [3.05, 3.63) is 59.7 Å². The topological polar surface area (TPSA) is 130 Å². The predicted molar refractivity (Wildman–Crippen MR) is 124 cm³/mol. The number of fused-ring (bicyclic) bond motifs is 1. The van der Waals surface area contributed by atoms with Gasteiger partial charge in [0.2, 0.25) is 5.91 Å². The number of thioether (sulfide) groups is 1. The van der Waals surface area contributed by atoms with Crippen molar-refractivity contribution in [2.75, 3.05) is 16.5 Å². The molecule has 31 heavy (non-hydrogen) atoms. The smallest absolute Gasteiger partial charge is 0.236 e. The maximum absolute atomic E-state index is 12.4. The summed E-state index contributed by atoms with van der Waals surface area (Å²) in [6, 6.07) is 17.3. The largest absolute Gasteiger partial charge is 0.307 e. The predicted octanol–water partition coefficient (Wildman–Crippen LogP) is 3.95. The van der Waals surface area contributed by atoms with E-state index in [0.29, 0.717) is 16.0 Å². The number of carbonyl (C=O) groups is 1. The van der Waals surface area contributed by atoms with E-state index in [1.54, 1.807) is 0 Å². The lowest BCUT2D eigenvalue weighted by Gasteiger charge is -2.10. The van der Waals surface area contributed by atoms with Gasteiger partial charge in [0.25, 0.3) is 0 Å². The van der Waals surface area contributed by atoms with Crippen molar-refractivity contribution in [1.82, 2.24) is 15.0 Å². The summed E-state index contributed by atoms with van der Waals surface area (Å²) >= 11 is 2.58. The standard InChI is InChI=1S/C21H17N7OS2/c1-12-7-8-15-16(9-12)31-21(24-15)25-17(29)11-30-20-26-18(13-5-3-2-4-6-13)14(10-22)19(27-20)28-23/h2-9H,11,23H2,1H3,(H,24,25,29)(H,26,27,28). The molecule has 0 bridgehead atoms. The number of nitrogens with two attached hydrogens (primary N) is 1. The summed E-state index contributed by atoms with van der Waals surface area (Å²) < 4.78 is 1.02. The Hall–Kier alpha value is -3.52. The third-order valence-corrected chi connectivity index (χ3v) is 6.09. The van der Waals surface area contributed by atoms with Gasteiger partial charge in [-0.3, -0.25) is 4.79 Å². The number of hydrazine groups is 1. The average Bonchev–Trinajstić information content (AvgIpc) is 3.18. The molecule has 2 aromatic carbocycles. The second-order valence-electron chi connectivity index (χ2n) is 6.53. The molecule has 154 valence electrons. The Labute approximate surface area is 186 Å². The van der Waals surface area contributed by atoms with Gasteiger partial charge in [-0.25, -0.2) is 20.8 Å². The Balaban J connectivity index is 1.52. The third kappa shape index (κ3) is 4.64. The molecule has 0 spiro atoms. The van der Waals surface area contributed by atoms with Crippen molar-refractivity contribution in [3.8, 4) is 17.3 Å². The average molecular weight is 448 g/mol. The van der Waals surface area contributed by atoms with Crippen LogP contribution in [0.15, 0.2) is 53.7 Å². The normalized spacial score (nSPS) is 10.6. The molecule has 0 saturated carbocycles. The number of nitrogens with zero attached hydrogens (tertiary/aromatic N) is 4. The first kappa shape index (κ1) is 20.7. The molecule has 2 heterocycles. The highest BCUT2D eigenvalue weighted by molar-refractivity contribution is 7.99. The number of nitrogen functional groups attached to an aromatic ring is 1. The fraction of sp³-hybridized carbons (Fsp3) is 0.0952. The summed E-state index contributed by atoms with van der Waals surface area (Å²) in [5, 5.41) is 13.2. The number of hydrogen-bond acceptors (Lipinski definition) is 9. The number of anilines is 2. The van der Waals surface area contributed by atoms with E-state index < -0.39 is 0 Å². The zero-order valence-corrected chi connectivity index (χ0v) is 18.0. The number of thiazole rings is 1. The van der Waals surface area contributed by atoms with Gasteiger partial charge in [0.05, 0.1) is 21.7 Å². The van der Waals surface area contributed by atoms with Gasteiger partial charge in [-0.05, 0) is 24.6 Å². The molecule has 0 aliphatic carbocycles. The van der Waals surface area contributed by atoms with Crippen molar-refractivity contribution in [3.63, 3.8) is 0 Å². The monoisotopic (exact) mass is 447 g/mol. The van der Waals surface area contributed by atoms with Crippen molar-refractivity contribution >= 4 is 50.2 Å². The fourth-order valence-electron chi connectivity index (χ4n) is 2.89. The number of amides is 1. The Bertz CT molecular complexity index is 1300. The van der Waals surface area contributed by atoms with Crippen LogP contribution >= 0.6 is 23.1 Å². The first-order valence-electron chi connectivity index (χ1n) is 9.21. The molecule has 10 heteroatoms. The lowest BCUT2D eigenvalue weighted by Crippen LogP contribution is -2.15. The SMILES string of the molecule is Cc1ccc2nc(NC(=O)CSc3nc(NN)c(C#N)c(-c4ccccc4)n3)sc2c1. The van der Waals surface area contributed by atoms with Gasteiger partial charge in [0.15, 0.2) is 16.1 Å². The lowest BCUT2D eigenvalue weighted by atomic mass is 10.1. The van der Waals surface area contributed by atoms with Gasteiger partial charge in [-0.1, -0.05) is 59.5 Å². The second-order valence-corrected chi connectivity index (χ2v) is 8.50. The molecule has 4 aromatic rings. The third-order valence-electron chi connectivity index (χ3n) is 4.31. The molecule has 0 aliphatic rings. The lowest BCUT2D eigenvalue weighted by molar-refractivity contribution is -0.113. The number of benzene rings is 2. The molecule has 0 atom stereocenters. The molecule has 0 unspecified atom stereocenters. The summed E-state index contributed by atoms with van der Waals surface area (Å²) in [5.41, 5.74) is 5.89. The molecule has 8 nitrogen and oxygen atoms in total. The summed E-state index contributed by atoms with van der Waals surface area (Å²) in [6.45, 7) is 2.01. The molecular weight excluding hydrogens is 430 g/mol. The number of nitriles is 1. The minimum absolute atomic E-state index is 0.0824. The van der Waals surface area contributed by atoms with Gasteiger partial charge >= 0.3 is 0 Å².